The fourth-order valence-corrected chi connectivity index (χ4v) is 4.61. The fourth-order valence-electron chi connectivity index (χ4n) is 1.36. The molecule has 0 aliphatic carbocycles. The number of sulfonamides is 1. The van der Waals surface area contributed by atoms with Crippen LogP contribution in [0.1, 0.15) is 11.4 Å². The highest BCUT2D eigenvalue weighted by molar-refractivity contribution is 9.11. The van der Waals surface area contributed by atoms with Crippen molar-refractivity contribution in [3.8, 4) is 0 Å². The van der Waals surface area contributed by atoms with Crippen LogP contribution in [0.2, 0.25) is 0 Å². The fraction of sp³-hybridized carbons (Fsp3) is 0.300. The number of thiophene rings is 1. The Kier molecular flexibility index (Phi) is 3.90. The van der Waals surface area contributed by atoms with E-state index < -0.39 is 10.0 Å². The van der Waals surface area contributed by atoms with Gasteiger partial charge in [0.05, 0.1) is 10.3 Å². The second-order valence-electron chi connectivity index (χ2n) is 3.80. The monoisotopic (exact) mass is 349 g/mol. The first-order valence-electron chi connectivity index (χ1n) is 5.12. The van der Waals surface area contributed by atoms with Gasteiger partial charge in [-0.25, -0.2) is 18.1 Å². The highest BCUT2D eigenvalue weighted by Gasteiger charge is 2.18. The van der Waals surface area contributed by atoms with Crippen molar-refractivity contribution in [3.05, 3.63) is 33.6 Å². The van der Waals surface area contributed by atoms with Crippen LogP contribution in [0.4, 0.5) is 0 Å². The molecule has 5 nitrogen and oxygen atoms in total. The third kappa shape index (κ3) is 2.82. The van der Waals surface area contributed by atoms with E-state index in [2.05, 4.69) is 25.6 Å². The molecule has 2 aromatic heterocycles. The second kappa shape index (κ2) is 5.12. The quantitative estimate of drug-likeness (QED) is 0.918. The Hall–Kier alpha value is -0.700. The number of imidazole rings is 1. The van der Waals surface area contributed by atoms with Crippen molar-refractivity contribution in [2.24, 2.45) is 7.05 Å². The summed E-state index contributed by atoms with van der Waals surface area (Å²) >= 11 is 4.52. The molecule has 0 aliphatic heterocycles. The van der Waals surface area contributed by atoms with E-state index in [1.807, 2.05) is 14.0 Å². The van der Waals surface area contributed by atoms with Gasteiger partial charge in [0.2, 0.25) is 0 Å². The molecule has 0 aliphatic rings. The van der Waals surface area contributed by atoms with Crippen molar-refractivity contribution < 1.29 is 8.42 Å². The summed E-state index contributed by atoms with van der Waals surface area (Å²) in [4.78, 5) is 4.07. The number of hydrogen-bond donors (Lipinski definition) is 1. The predicted molar refractivity (Wildman–Crippen MR) is 74.0 cm³/mol. The molecule has 8 heteroatoms. The number of aromatic nitrogens is 2. The Morgan fingerprint density at radius 2 is 2.28 bits per heavy atom. The van der Waals surface area contributed by atoms with Crippen LogP contribution < -0.4 is 4.72 Å². The molecule has 2 aromatic rings. The third-order valence-electron chi connectivity index (χ3n) is 2.44. The molecule has 0 saturated heterocycles. The first-order valence-corrected chi connectivity index (χ1v) is 8.21. The van der Waals surface area contributed by atoms with Gasteiger partial charge in [-0.1, -0.05) is 0 Å². The summed E-state index contributed by atoms with van der Waals surface area (Å²) < 4.78 is 29.5. The number of hydrogen-bond acceptors (Lipinski definition) is 4. The summed E-state index contributed by atoms with van der Waals surface area (Å²) in [7, 11) is -1.65. The van der Waals surface area contributed by atoms with Gasteiger partial charge in [0.1, 0.15) is 10.0 Å². The molecular formula is C10H12BrN3O2S2. The number of halogens is 1. The highest BCUT2D eigenvalue weighted by Crippen LogP contribution is 2.30. The molecular weight excluding hydrogens is 338 g/mol. The van der Waals surface area contributed by atoms with Crippen LogP contribution in [0.3, 0.4) is 0 Å². The molecule has 0 spiro atoms. The molecule has 18 heavy (non-hydrogen) atoms. The molecule has 98 valence electrons. The molecule has 2 rings (SSSR count). The van der Waals surface area contributed by atoms with Gasteiger partial charge in [0, 0.05) is 19.4 Å². The van der Waals surface area contributed by atoms with Crippen molar-refractivity contribution in [2.75, 3.05) is 0 Å². The lowest BCUT2D eigenvalue weighted by molar-refractivity contribution is 0.579. The first kappa shape index (κ1) is 13.7. The average Bonchev–Trinajstić information content (AvgIpc) is 2.84. The van der Waals surface area contributed by atoms with E-state index in [9.17, 15) is 8.42 Å². The number of aryl methyl sites for hydroxylation is 2. The molecule has 0 saturated carbocycles. The van der Waals surface area contributed by atoms with E-state index >= 15 is 0 Å². The third-order valence-corrected chi connectivity index (χ3v) is 6.45. The highest BCUT2D eigenvalue weighted by atomic mass is 79.9. The maximum absolute atomic E-state index is 12.0. The molecule has 0 aromatic carbocycles. The van der Waals surface area contributed by atoms with E-state index in [1.165, 1.54) is 11.3 Å². The maximum atomic E-state index is 12.0. The molecule has 0 atom stereocenters. The summed E-state index contributed by atoms with van der Waals surface area (Å²) in [5, 5.41) is 0. The van der Waals surface area contributed by atoms with Crippen LogP contribution in [0.25, 0.3) is 0 Å². The Labute approximate surface area is 118 Å². The maximum Gasteiger partial charge on any atom is 0.250 e. The number of nitrogens with zero attached hydrogens (tertiary/aromatic N) is 2. The zero-order chi connectivity index (χ0) is 13.3. The van der Waals surface area contributed by atoms with Gasteiger partial charge in [-0.3, -0.25) is 0 Å². The summed E-state index contributed by atoms with van der Waals surface area (Å²) in [6.07, 6.45) is 3.41. The van der Waals surface area contributed by atoms with Crippen molar-refractivity contribution in [3.63, 3.8) is 0 Å². The van der Waals surface area contributed by atoms with Gasteiger partial charge in [0.25, 0.3) is 10.0 Å². The zero-order valence-electron chi connectivity index (χ0n) is 9.84. The number of rotatable bonds is 4. The predicted octanol–water partition coefficient (Wildman–Crippen LogP) is 2.03. The smallest absolute Gasteiger partial charge is 0.250 e. The Bertz CT molecular complexity index is 641. The topological polar surface area (TPSA) is 64.0 Å². The lowest BCUT2D eigenvalue weighted by Crippen LogP contribution is -2.23. The van der Waals surface area contributed by atoms with Crippen LogP contribution in [-0.4, -0.2) is 18.0 Å². The van der Waals surface area contributed by atoms with Crippen molar-refractivity contribution in [1.29, 1.82) is 0 Å². The van der Waals surface area contributed by atoms with Gasteiger partial charge in [-0.15, -0.1) is 11.3 Å². The van der Waals surface area contributed by atoms with Crippen LogP contribution >= 0.6 is 27.3 Å². The van der Waals surface area contributed by atoms with Crippen molar-refractivity contribution in [2.45, 2.75) is 17.7 Å². The van der Waals surface area contributed by atoms with Gasteiger partial charge in [-0.2, -0.15) is 0 Å². The summed E-state index contributed by atoms with van der Waals surface area (Å²) in [5.41, 5.74) is 0.914. The molecule has 0 unspecified atom stereocenters. The van der Waals surface area contributed by atoms with Crippen molar-refractivity contribution in [1.82, 2.24) is 14.3 Å². The molecule has 1 N–H and O–H groups in total. The minimum atomic E-state index is -3.47. The Balaban J connectivity index is 2.15. The number of nitrogens with one attached hydrogen (secondary N) is 1. The normalized spacial score (nSPS) is 11.9. The van der Waals surface area contributed by atoms with Gasteiger partial charge in [0.15, 0.2) is 0 Å². The second-order valence-corrected chi connectivity index (χ2v) is 8.16. The molecule has 0 radical (unpaired) electrons. The van der Waals surface area contributed by atoms with Gasteiger partial charge < -0.3 is 4.57 Å². The molecule has 2 heterocycles. The largest absolute Gasteiger partial charge is 0.337 e. The van der Waals surface area contributed by atoms with E-state index in [0.29, 0.717) is 10.0 Å². The van der Waals surface area contributed by atoms with Gasteiger partial charge >= 0.3 is 0 Å². The van der Waals surface area contributed by atoms with E-state index in [-0.39, 0.29) is 6.54 Å². The van der Waals surface area contributed by atoms with Crippen LogP contribution in [-0.2, 0) is 23.6 Å². The standard InChI is InChI=1S/C10H12BrN3O2S2/c1-7-5-9(17-10(7)11)18(15,16)13-6-8-12-3-4-14(8)2/h3-5,13H,6H2,1-2H3. The zero-order valence-corrected chi connectivity index (χ0v) is 13.1. The Morgan fingerprint density at radius 1 is 1.56 bits per heavy atom. The van der Waals surface area contributed by atoms with E-state index in [1.54, 1.807) is 23.0 Å². The van der Waals surface area contributed by atoms with Crippen molar-refractivity contribution >= 4 is 37.3 Å². The lowest BCUT2D eigenvalue weighted by Gasteiger charge is -2.04. The molecule has 0 amide bonds. The first-order chi connectivity index (χ1) is 8.40. The van der Waals surface area contributed by atoms with Crippen LogP contribution in [0.15, 0.2) is 26.5 Å². The van der Waals surface area contributed by atoms with E-state index in [0.717, 1.165) is 9.35 Å². The SMILES string of the molecule is Cc1cc(S(=O)(=O)NCc2nccn2C)sc1Br. The summed E-state index contributed by atoms with van der Waals surface area (Å²) in [6, 6.07) is 1.65. The van der Waals surface area contributed by atoms with E-state index in [4.69, 9.17) is 0 Å². The van der Waals surface area contributed by atoms with Crippen LogP contribution in [0.5, 0.6) is 0 Å². The summed E-state index contributed by atoms with van der Waals surface area (Å²) in [5.74, 6) is 0.672. The minimum absolute atomic E-state index is 0.181. The molecule has 0 fully saturated rings. The minimum Gasteiger partial charge on any atom is -0.337 e. The lowest BCUT2D eigenvalue weighted by atomic mass is 10.4. The average molecular weight is 350 g/mol. The summed E-state index contributed by atoms with van der Waals surface area (Å²) in [6.45, 7) is 2.04. The molecule has 0 bridgehead atoms. The Morgan fingerprint density at radius 3 is 2.78 bits per heavy atom. The van der Waals surface area contributed by atoms with Crippen LogP contribution in [0, 0.1) is 6.92 Å². The van der Waals surface area contributed by atoms with Gasteiger partial charge in [-0.05, 0) is 34.5 Å².